The van der Waals surface area contributed by atoms with Crippen LogP contribution in [0.3, 0.4) is 0 Å². The van der Waals surface area contributed by atoms with E-state index in [2.05, 4.69) is 21.6 Å². The lowest BCUT2D eigenvalue weighted by molar-refractivity contribution is -0.124. The molecule has 8 nitrogen and oxygen atoms in total. The lowest BCUT2D eigenvalue weighted by atomic mass is 10.1. The number of urea groups is 1. The highest BCUT2D eigenvalue weighted by Gasteiger charge is 2.52. The summed E-state index contributed by atoms with van der Waals surface area (Å²) in [4.78, 5) is 28.7. The van der Waals surface area contributed by atoms with Crippen LogP contribution in [-0.2, 0) is 11.3 Å². The van der Waals surface area contributed by atoms with Crippen molar-refractivity contribution in [3.8, 4) is 11.4 Å². The summed E-state index contributed by atoms with van der Waals surface area (Å²) >= 11 is 0. The first kappa shape index (κ1) is 17.4. The summed E-state index contributed by atoms with van der Waals surface area (Å²) < 4.78 is 1.90. The van der Waals surface area contributed by atoms with Gasteiger partial charge < -0.3 is 9.80 Å². The molecule has 2 atom stereocenters. The Morgan fingerprint density at radius 1 is 1.03 bits per heavy atom. The third-order valence-corrected chi connectivity index (χ3v) is 5.50. The molecule has 0 radical (unpaired) electrons. The van der Waals surface area contributed by atoms with Gasteiger partial charge in [0.2, 0.25) is 5.95 Å². The summed E-state index contributed by atoms with van der Waals surface area (Å²) in [7, 11) is 1.69. The van der Waals surface area contributed by atoms with E-state index in [1.807, 2.05) is 64.9 Å². The number of amides is 3. The fourth-order valence-corrected chi connectivity index (χ4v) is 4.16. The highest BCUT2D eigenvalue weighted by Crippen LogP contribution is 2.41. The van der Waals surface area contributed by atoms with Crippen molar-refractivity contribution in [1.82, 2.24) is 25.0 Å². The molecule has 0 saturated carbocycles. The fraction of sp³-hybridized carbons (Fsp3) is 0.238. The standard InChI is InChI=1S/C21H20N6O2/c1-13-7-6-8-14(11-13)12-26-16-18(28)22-21(29)25(2)19(16)27-17(23-24-20(26)27)15-9-4-3-5-10-15/h3-11,16,19H,12H2,1-2H3,(H,22,28,29). The number of aryl methyl sites for hydroxylation is 1. The molecule has 1 N–H and O–H groups in total. The molecule has 5 rings (SSSR count). The molecule has 3 heterocycles. The Morgan fingerprint density at radius 2 is 1.83 bits per heavy atom. The summed E-state index contributed by atoms with van der Waals surface area (Å²) in [6, 6.07) is 16.8. The molecule has 2 aromatic carbocycles. The van der Waals surface area contributed by atoms with Gasteiger partial charge in [-0.1, -0.05) is 60.2 Å². The molecule has 1 aromatic heterocycles. The molecule has 0 spiro atoms. The van der Waals surface area contributed by atoms with Crippen LogP contribution in [0.25, 0.3) is 11.4 Å². The van der Waals surface area contributed by atoms with Crippen LogP contribution in [0, 0.1) is 6.92 Å². The van der Waals surface area contributed by atoms with Gasteiger partial charge in [0.15, 0.2) is 11.9 Å². The first-order valence-corrected chi connectivity index (χ1v) is 9.45. The van der Waals surface area contributed by atoms with Gasteiger partial charge >= 0.3 is 6.03 Å². The number of anilines is 1. The number of fused-ring (bicyclic) bond motifs is 3. The molecule has 2 unspecified atom stereocenters. The van der Waals surface area contributed by atoms with Crippen molar-refractivity contribution in [2.24, 2.45) is 0 Å². The first-order chi connectivity index (χ1) is 14.0. The van der Waals surface area contributed by atoms with E-state index >= 15 is 0 Å². The largest absolute Gasteiger partial charge is 0.325 e. The van der Waals surface area contributed by atoms with E-state index in [-0.39, 0.29) is 5.91 Å². The maximum Gasteiger partial charge on any atom is 0.325 e. The third-order valence-electron chi connectivity index (χ3n) is 5.50. The quantitative estimate of drug-likeness (QED) is 0.745. The van der Waals surface area contributed by atoms with Gasteiger partial charge in [0, 0.05) is 19.2 Å². The average Bonchev–Trinajstić information content (AvgIpc) is 3.26. The highest BCUT2D eigenvalue weighted by atomic mass is 16.2. The van der Waals surface area contributed by atoms with Crippen molar-refractivity contribution in [3.63, 3.8) is 0 Å². The lowest BCUT2D eigenvalue weighted by Gasteiger charge is -2.37. The summed E-state index contributed by atoms with van der Waals surface area (Å²) in [5, 5.41) is 11.3. The molecule has 3 aromatic rings. The minimum Gasteiger partial charge on any atom is -0.321 e. The second-order valence-corrected chi connectivity index (χ2v) is 7.44. The van der Waals surface area contributed by atoms with Gasteiger partial charge in [0.05, 0.1) is 0 Å². The van der Waals surface area contributed by atoms with Crippen molar-refractivity contribution in [2.75, 3.05) is 11.9 Å². The number of carbonyl (C=O) groups excluding carboxylic acids is 2. The molecule has 0 aliphatic carbocycles. The second-order valence-electron chi connectivity index (χ2n) is 7.44. The zero-order chi connectivity index (χ0) is 20.1. The van der Waals surface area contributed by atoms with Gasteiger partial charge in [-0.05, 0) is 12.5 Å². The number of likely N-dealkylation sites (N-methyl/N-ethyl adjacent to an activating group) is 1. The van der Waals surface area contributed by atoms with E-state index in [4.69, 9.17) is 0 Å². The van der Waals surface area contributed by atoms with E-state index in [0.29, 0.717) is 18.3 Å². The molecular formula is C21H20N6O2. The topological polar surface area (TPSA) is 83.4 Å². The van der Waals surface area contributed by atoms with Gasteiger partial charge in [-0.15, -0.1) is 10.2 Å². The number of carbonyl (C=O) groups is 2. The van der Waals surface area contributed by atoms with E-state index < -0.39 is 18.2 Å². The van der Waals surface area contributed by atoms with Crippen LogP contribution in [0.5, 0.6) is 0 Å². The average molecular weight is 388 g/mol. The monoisotopic (exact) mass is 388 g/mol. The van der Waals surface area contributed by atoms with Crippen LogP contribution < -0.4 is 10.2 Å². The minimum atomic E-state index is -0.578. The number of nitrogens with one attached hydrogen (secondary N) is 1. The Balaban J connectivity index is 1.65. The maximum absolute atomic E-state index is 12.9. The first-order valence-electron chi connectivity index (χ1n) is 9.45. The Morgan fingerprint density at radius 3 is 2.59 bits per heavy atom. The van der Waals surface area contributed by atoms with Crippen molar-refractivity contribution in [1.29, 1.82) is 0 Å². The molecule has 3 amide bonds. The molecule has 2 aliphatic heterocycles. The molecule has 29 heavy (non-hydrogen) atoms. The smallest absolute Gasteiger partial charge is 0.321 e. The van der Waals surface area contributed by atoms with Crippen molar-refractivity contribution < 1.29 is 9.59 Å². The summed E-state index contributed by atoms with van der Waals surface area (Å²) in [5.74, 6) is 0.893. The van der Waals surface area contributed by atoms with E-state index in [9.17, 15) is 9.59 Å². The molecule has 1 fully saturated rings. The Hall–Kier alpha value is -3.68. The van der Waals surface area contributed by atoms with Gasteiger partial charge in [-0.3, -0.25) is 14.7 Å². The van der Waals surface area contributed by atoms with Crippen LogP contribution >= 0.6 is 0 Å². The third kappa shape index (κ3) is 2.67. The SMILES string of the molecule is Cc1cccc(CN2c3nnc(-c4ccccc4)n3C3C2C(=O)NC(=O)N3C)c1. The molecule has 1 saturated heterocycles. The van der Waals surface area contributed by atoms with E-state index in [1.54, 1.807) is 11.9 Å². The zero-order valence-electron chi connectivity index (χ0n) is 16.1. The predicted molar refractivity (Wildman–Crippen MR) is 107 cm³/mol. The van der Waals surface area contributed by atoms with Gasteiger partial charge in [0.25, 0.3) is 5.91 Å². The van der Waals surface area contributed by atoms with E-state index in [0.717, 1.165) is 16.7 Å². The van der Waals surface area contributed by atoms with Crippen molar-refractivity contribution in [3.05, 3.63) is 65.7 Å². The van der Waals surface area contributed by atoms with Gasteiger partial charge in [-0.25, -0.2) is 4.79 Å². The summed E-state index contributed by atoms with van der Waals surface area (Å²) in [5.41, 5.74) is 3.09. The molecule has 8 heteroatoms. The number of hydrogen-bond acceptors (Lipinski definition) is 5. The van der Waals surface area contributed by atoms with Crippen molar-refractivity contribution >= 4 is 17.9 Å². The number of hydrogen-bond donors (Lipinski definition) is 1. The minimum absolute atomic E-state index is 0.324. The second kappa shape index (κ2) is 6.44. The number of rotatable bonds is 3. The van der Waals surface area contributed by atoms with E-state index in [1.165, 1.54) is 0 Å². The molecular weight excluding hydrogens is 368 g/mol. The zero-order valence-corrected chi connectivity index (χ0v) is 16.1. The molecule has 146 valence electrons. The van der Waals surface area contributed by atoms with Crippen LogP contribution in [0.4, 0.5) is 10.7 Å². The predicted octanol–water partition coefficient (Wildman–Crippen LogP) is 2.32. The molecule has 0 bridgehead atoms. The number of aromatic nitrogens is 3. The Bertz CT molecular complexity index is 1110. The van der Waals surface area contributed by atoms with Crippen LogP contribution in [-0.4, -0.2) is 44.7 Å². The Labute approximate surface area is 167 Å². The maximum atomic E-state index is 12.9. The van der Waals surface area contributed by atoms with Crippen LogP contribution in [0.1, 0.15) is 17.3 Å². The fourth-order valence-electron chi connectivity index (χ4n) is 4.16. The number of benzene rings is 2. The van der Waals surface area contributed by atoms with Crippen molar-refractivity contribution in [2.45, 2.75) is 25.7 Å². The van der Waals surface area contributed by atoms with Gasteiger partial charge in [0.1, 0.15) is 6.17 Å². The number of nitrogens with zero attached hydrogens (tertiary/aromatic N) is 5. The van der Waals surface area contributed by atoms with Crippen LogP contribution in [0.15, 0.2) is 54.6 Å². The highest BCUT2D eigenvalue weighted by molar-refractivity contribution is 6.02. The Kier molecular flexibility index (Phi) is 3.87. The van der Waals surface area contributed by atoms with Crippen LogP contribution in [0.2, 0.25) is 0 Å². The van der Waals surface area contributed by atoms with Gasteiger partial charge in [-0.2, -0.15) is 0 Å². The summed E-state index contributed by atoms with van der Waals surface area (Å²) in [6.07, 6.45) is -0.513. The summed E-state index contributed by atoms with van der Waals surface area (Å²) in [6.45, 7) is 2.53. The lowest BCUT2D eigenvalue weighted by Crippen LogP contribution is -2.61. The molecule has 2 aliphatic rings. The normalized spacial score (nSPS) is 20.5. The number of imide groups is 1.